The zero-order chi connectivity index (χ0) is 19.4. The number of carbonyl (C=O) groups is 2. The first-order chi connectivity index (χ1) is 12.9. The number of piperidine rings is 1. The summed E-state index contributed by atoms with van der Waals surface area (Å²) in [5, 5.41) is 0. The molecule has 2 atom stereocenters. The average Bonchev–Trinajstić information content (AvgIpc) is 2.64. The molecular formula is C20H22FN3O3. The summed E-state index contributed by atoms with van der Waals surface area (Å²) in [6.07, 6.45) is 0.376. The van der Waals surface area contributed by atoms with E-state index in [2.05, 4.69) is 4.98 Å². The number of aromatic nitrogens is 1. The highest BCUT2D eigenvalue weighted by Gasteiger charge is 2.34. The van der Waals surface area contributed by atoms with Gasteiger partial charge < -0.3 is 15.4 Å². The van der Waals surface area contributed by atoms with E-state index in [1.807, 2.05) is 13.0 Å². The third-order valence-electron chi connectivity index (χ3n) is 4.62. The van der Waals surface area contributed by atoms with Gasteiger partial charge in [0.15, 0.2) is 0 Å². The predicted molar refractivity (Wildman–Crippen MR) is 97.6 cm³/mol. The Bertz CT molecular complexity index is 825. The minimum Gasteiger partial charge on any atom is -0.490 e. The Morgan fingerprint density at radius 3 is 2.67 bits per heavy atom. The molecule has 0 bridgehead atoms. The van der Waals surface area contributed by atoms with E-state index in [1.54, 1.807) is 29.2 Å². The highest BCUT2D eigenvalue weighted by molar-refractivity contribution is 5.92. The Morgan fingerprint density at radius 1 is 1.26 bits per heavy atom. The van der Waals surface area contributed by atoms with Gasteiger partial charge in [0.1, 0.15) is 23.4 Å². The normalized spacial score (nSPS) is 19.6. The molecule has 1 aromatic carbocycles. The molecule has 2 aromatic rings. The van der Waals surface area contributed by atoms with Gasteiger partial charge in [0, 0.05) is 37.5 Å². The van der Waals surface area contributed by atoms with Gasteiger partial charge in [-0.05, 0) is 43.3 Å². The molecule has 2 heterocycles. The molecule has 1 fully saturated rings. The van der Waals surface area contributed by atoms with E-state index in [9.17, 15) is 14.0 Å². The Kier molecular flexibility index (Phi) is 5.69. The van der Waals surface area contributed by atoms with Gasteiger partial charge in [-0.2, -0.15) is 0 Å². The number of benzene rings is 1. The molecule has 6 nitrogen and oxygen atoms in total. The van der Waals surface area contributed by atoms with Crippen molar-refractivity contribution < 1.29 is 18.7 Å². The van der Waals surface area contributed by atoms with Crippen molar-refractivity contribution in [1.29, 1.82) is 0 Å². The van der Waals surface area contributed by atoms with Crippen molar-refractivity contribution in [3.8, 4) is 5.75 Å². The van der Waals surface area contributed by atoms with E-state index in [0.29, 0.717) is 31.0 Å². The zero-order valence-electron chi connectivity index (χ0n) is 15.1. The number of ether oxygens (including phenoxy) is 1. The van der Waals surface area contributed by atoms with Crippen molar-refractivity contribution in [1.82, 2.24) is 9.88 Å². The molecule has 1 aliphatic heterocycles. The number of aryl methyl sites for hydroxylation is 1. The van der Waals surface area contributed by atoms with Gasteiger partial charge in [0.25, 0.3) is 5.91 Å². The number of hydrogen-bond donors (Lipinski definition) is 1. The van der Waals surface area contributed by atoms with E-state index in [4.69, 9.17) is 10.5 Å². The molecule has 0 saturated carbocycles. The van der Waals surface area contributed by atoms with Crippen LogP contribution in [0.4, 0.5) is 4.39 Å². The molecule has 0 spiro atoms. The van der Waals surface area contributed by atoms with Gasteiger partial charge in [-0.1, -0.05) is 6.07 Å². The maximum atomic E-state index is 13.1. The van der Waals surface area contributed by atoms with Crippen LogP contribution in [0.15, 0.2) is 42.5 Å². The van der Waals surface area contributed by atoms with Crippen LogP contribution in [-0.2, 0) is 4.79 Å². The Balaban J connectivity index is 1.72. The third kappa shape index (κ3) is 4.81. The number of nitrogens with two attached hydrogens (primary N) is 1. The number of nitrogens with zero attached hydrogens (tertiary/aromatic N) is 2. The molecule has 7 heteroatoms. The maximum Gasteiger partial charge on any atom is 0.272 e. The largest absolute Gasteiger partial charge is 0.490 e. The maximum absolute atomic E-state index is 13.1. The van der Waals surface area contributed by atoms with E-state index < -0.39 is 5.91 Å². The fourth-order valence-corrected chi connectivity index (χ4v) is 3.32. The highest BCUT2D eigenvalue weighted by Crippen LogP contribution is 2.26. The summed E-state index contributed by atoms with van der Waals surface area (Å²) in [6, 6.07) is 11.0. The molecule has 2 N–H and O–H groups in total. The Hall–Kier alpha value is -2.96. The van der Waals surface area contributed by atoms with E-state index >= 15 is 0 Å². The molecular weight excluding hydrogens is 349 g/mol. The first-order valence-corrected chi connectivity index (χ1v) is 8.86. The third-order valence-corrected chi connectivity index (χ3v) is 4.62. The summed E-state index contributed by atoms with van der Waals surface area (Å²) in [6.45, 7) is 2.66. The van der Waals surface area contributed by atoms with Gasteiger partial charge in [-0.3, -0.25) is 9.59 Å². The molecule has 3 rings (SSSR count). The van der Waals surface area contributed by atoms with Crippen molar-refractivity contribution in [2.45, 2.75) is 25.9 Å². The van der Waals surface area contributed by atoms with E-state index in [-0.39, 0.29) is 30.2 Å². The fourth-order valence-electron chi connectivity index (χ4n) is 3.32. The molecule has 1 saturated heterocycles. The quantitative estimate of drug-likeness (QED) is 0.874. The van der Waals surface area contributed by atoms with Crippen molar-refractivity contribution in [3.05, 3.63) is 59.7 Å². The second kappa shape index (κ2) is 8.16. The van der Waals surface area contributed by atoms with Crippen molar-refractivity contribution in [2.75, 3.05) is 13.1 Å². The molecule has 0 aliphatic carbocycles. The van der Waals surface area contributed by atoms with Crippen LogP contribution in [0, 0.1) is 18.7 Å². The van der Waals surface area contributed by atoms with Gasteiger partial charge >= 0.3 is 0 Å². The summed E-state index contributed by atoms with van der Waals surface area (Å²) in [7, 11) is 0. The van der Waals surface area contributed by atoms with Crippen molar-refractivity contribution >= 4 is 11.8 Å². The van der Waals surface area contributed by atoms with Crippen molar-refractivity contribution in [3.63, 3.8) is 0 Å². The molecule has 27 heavy (non-hydrogen) atoms. The lowest BCUT2D eigenvalue weighted by Crippen LogP contribution is -2.49. The van der Waals surface area contributed by atoms with Crippen LogP contribution in [0.1, 0.15) is 29.0 Å². The lowest BCUT2D eigenvalue weighted by Gasteiger charge is -2.38. The second-order valence-electron chi connectivity index (χ2n) is 6.74. The van der Waals surface area contributed by atoms with Crippen LogP contribution in [-0.4, -0.2) is 40.9 Å². The first-order valence-electron chi connectivity index (χ1n) is 8.86. The zero-order valence-corrected chi connectivity index (χ0v) is 15.1. The monoisotopic (exact) mass is 371 g/mol. The van der Waals surface area contributed by atoms with Crippen LogP contribution in [0.2, 0.25) is 0 Å². The van der Waals surface area contributed by atoms with E-state index in [1.165, 1.54) is 12.1 Å². The standard InChI is InChI=1S/C20H22FN3O3/c1-13-3-2-4-17(23-13)20(26)24-10-9-18(14(12-24)11-19(22)25)27-16-7-5-15(21)6-8-16/h2-8,14,18H,9-12H2,1H3,(H2,22,25)/t14-,18-/m0/s1. The minimum absolute atomic E-state index is 0.108. The molecule has 0 radical (unpaired) electrons. The molecule has 1 aromatic heterocycles. The highest BCUT2D eigenvalue weighted by atomic mass is 19.1. The smallest absolute Gasteiger partial charge is 0.272 e. The number of primary amides is 1. The minimum atomic E-state index is -0.448. The number of rotatable bonds is 5. The first kappa shape index (κ1) is 18.8. The second-order valence-corrected chi connectivity index (χ2v) is 6.74. The Morgan fingerprint density at radius 2 is 2.00 bits per heavy atom. The van der Waals surface area contributed by atoms with Crippen LogP contribution in [0.5, 0.6) is 5.75 Å². The summed E-state index contributed by atoms with van der Waals surface area (Å²) in [5.74, 6) is -0.683. The SMILES string of the molecule is Cc1cccc(C(=O)N2CC[C@H](Oc3ccc(F)cc3)[C@@H](CC(N)=O)C2)n1. The van der Waals surface area contributed by atoms with Crippen molar-refractivity contribution in [2.24, 2.45) is 11.7 Å². The van der Waals surface area contributed by atoms with Crippen LogP contribution in [0.25, 0.3) is 0 Å². The number of hydrogen-bond acceptors (Lipinski definition) is 4. The number of amides is 2. The topological polar surface area (TPSA) is 85.5 Å². The molecule has 0 unspecified atom stereocenters. The number of carbonyl (C=O) groups excluding carboxylic acids is 2. The number of pyridine rings is 1. The van der Waals surface area contributed by atoms with Gasteiger partial charge in [0.05, 0.1) is 0 Å². The van der Waals surface area contributed by atoms with Crippen LogP contribution in [0.3, 0.4) is 0 Å². The van der Waals surface area contributed by atoms with E-state index in [0.717, 1.165) is 5.69 Å². The Labute approximate surface area is 157 Å². The van der Waals surface area contributed by atoms with Gasteiger partial charge in [-0.25, -0.2) is 9.37 Å². The summed E-state index contributed by atoms with van der Waals surface area (Å²) >= 11 is 0. The van der Waals surface area contributed by atoms with Crippen LogP contribution < -0.4 is 10.5 Å². The fraction of sp³-hybridized carbons (Fsp3) is 0.350. The average molecular weight is 371 g/mol. The lowest BCUT2D eigenvalue weighted by molar-refractivity contribution is -0.120. The predicted octanol–water partition coefficient (Wildman–Crippen LogP) is 2.31. The number of likely N-dealkylation sites (tertiary alicyclic amines) is 1. The van der Waals surface area contributed by atoms with Gasteiger partial charge in [0.2, 0.25) is 5.91 Å². The molecule has 1 aliphatic rings. The summed E-state index contributed by atoms with van der Waals surface area (Å²) in [5.41, 5.74) is 6.54. The molecule has 142 valence electrons. The summed E-state index contributed by atoms with van der Waals surface area (Å²) in [4.78, 5) is 30.2. The van der Waals surface area contributed by atoms with Crippen LogP contribution >= 0.6 is 0 Å². The number of halogens is 1. The molecule has 2 amide bonds. The lowest BCUT2D eigenvalue weighted by atomic mass is 9.91. The summed E-state index contributed by atoms with van der Waals surface area (Å²) < 4.78 is 19.0. The van der Waals surface area contributed by atoms with Gasteiger partial charge in [-0.15, -0.1) is 0 Å².